The normalized spacial score (nSPS) is 12.8. The first-order valence-corrected chi connectivity index (χ1v) is 10.5. The van der Waals surface area contributed by atoms with Gasteiger partial charge < -0.3 is 4.90 Å². The molecular formula is C19H27N3O3S. The van der Waals surface area contributed by atoms with E-state index in [1.54, 1.807) is 36.2 Å². The number of likely N-dealkylation sites (N-methyl/N-ethyl adjacent to an activating group) is 1. The van der Waals surface area contributed by atoms with E-state index in [2.05, 4.69) is 5.10 Å². The van der Waals surface area contributed by atoms with E-state index in [4.69, 9.17) is 0 Å². The predicted octanol–water partition coefficient (Wildman–Crippen LogP) is 2.69. The monoisotopic (exact) mass is 377 g/mol. The molecule has 1 aromatic carbocycles. The van der Waals surface area contributed by atoms with Gasteiger partial charge in [0.2, 0.25) is 5.91 Å². The fourth-order valence-electron chi connectivity index (χ4n) is 3.01. The lowest BCUT2D eigenvalue weighted by Gasteiger charge is -2.25. The molecule has 1 unspecified atom stereocenters. The molecule has 1 atom stereocenters. The van der Waals surface area contributed by atoms with Crippen molar-refractivity contribution >= 4 is 15.7 Å². The van der Waals surface area contributed by atoms with E-state index in [1.807, 2.05) is 32.4 Å². The number of hydrogen-bond acceptors (Lipinski definition) is 4. The molecule has 2 rings (SSSR count). The van der Waals surface area contributed by atoms with Crippen LogP contribution in [-0.4, -0.2) is 42.3 Å². The average molecular weight is 378 g/mol. The quantitative estimate of drug-likeness (QED) is 0.776. The highest BCUT2D eigenvalue weighted by Gasteiger charge is 2.21. The van der Waals surface area contributed by atoms with Crippen LogP contribution in [0.25, 0.3) is 0 Å². The Bertz CT molecular complexity index is 899. The molecule has 1 aromatic heterocycles. The summed E-state index contributed by atoms with van der Waals surface area (Å²) in [7, 11) is -1.45. The van der Waals surface area contributed by atoms with Gasteiger partial charge in [-0.2, -0.15) is 5.10 Å². The highest BCUT2D eigenvalue weighted by molar-refractivity contribution is 7.90. The van der Waals surface area contributed by atoms with Crippen molar-refractivity contribution in [3.8, 4) is 0 Å². The van der Waals surface area contributed by atoms with Gasteiger partial charge in [0, 0.05) is 31.1 Å². The minimum Gasteiger partial charge on any atom is -0.339 e. The van der Waals surface area contributed by atoms with E-state index in [0.29, 0.717) is 6.42 Å². The molecule has 142 valence electrons. The summed E-state index contributed by atoms with van der Waals surface area (Å²) in [5.74, 6) is 0.00606. The number of benzene rings is 1. The van der Waals surface area contributed by atoms with Crippen LogP contribution in [-0.2, 0) is 27.6 Å². The van der Waals surface area contributed by atoms with Crippen LogP contribution in [0.4, 0.5) is 0 Å². The molecule has 0 aliphatic rings. The van der Waals surface area contributed by atoms with E-state index in [0.717, 1.165) is 29.1 Å². The van der Waals surface area contributed by atoms with Gasteiger partial charge in [0.15, 0.2) is 9.84 Å². The molecule has 0 saturated carbocycles. The zero-order chi connectivity index (χ0) is 19.6. The molecule has 2 aromatic rings. The summed E-state index contributed by atoms with van der Waals surface area (Å²) in [4.78, 5) is 14.7. The summed E-state index contributed by atoms with van der Waals surface area (Å²) in [6.45, 7) is 8.65. The van der Waals surface area contributed by atoms with Crippen LogP contribution >= 0.6 is 0 Å². The van der Waals surface area contributed by atoms with Gasteiger partial charge in [0.05, 0.1) is 23.1 Å². The Labute approximate surface area is 155 Å². The molecule has 0 radical (unpaired) electrons. The fourth-order valence-corrected chi connectivity index (χ4v) is 3.64. The van der Waals surface area contributed by atoms with E-state index in [-0.39, 0.29) is 16.8 Å². The van der Waals surface area contributed by atoms with Crippen LogP contribution in [0.3, 0.4) is 0 Å². The molecule has 0 spiro atoms. The van der Waals surface area contributed by atoms with Crippen molar-refractivity contribution in [2.24, 2.45) is 0 Å². The number of amides is 1. The maximum atomic E-state index is 12.7. The van der Waals surface area contributed by atoms with Gasteiger partial charge >= 0.3 is 0 Å². The second kappa shape index (κ2) is 7.61. The van der Waals surface area contributed by atoms with Crippen molar-refractivity contribution in [2.75, 3.05) is 13.3 Å². The van der Waals surface area contributed by atoms with Crippen molar-refractivity contribution in [1.29, 1.82) is 0 Å². The van der Waals surface area contributed by atoms with Crippen molar-refractivity contribution in [1.82, 2.24) is 14.7 Å². The molecule has 0 bridgehead atoms. The van der Waals surface area contributed by atoms with Crippen molar-refractivity contribution in [3.05, 3.63) is 46.8 Å². The number of hydrogen-bond donors (Lipinski definition) is 0. The summed E-state index contributed by atoms with van der Waals surface area (Å²) >= 11 is 0. The standard InChI is InChI=1S/C19H27N3O3S/c1-7-22-15(4)18(13(2)20-22)12-19(23)21(5)14(3)16-8-10-17(11-9-16)26(6,24)25/h8-11,14H,7,12H2,1-6H3. The lowest BCUT2D eigenvalue weighted by molar-refractivity contribution is -0.131. The predicted molar refractivity (Wildman–Crippen MR) is 102 cm³/mol. The minimum atomic E-state index is -3.22. The third kappa shape index (κ3) is 4.15. The van der Waals surface area contributed by atoms with E-state index in [1.165, 1.54) is 6.26 Å². The third-order valence-electron chi connectivity index (χ3n) is 4.92. The van der Waals surface area contributed by atoms with Crippen LogP contribution in [0.1, 0.15) is 42.4 Å². The Kier molecular flexibility index (Phi) is 5.91. The summed E-state index contributed by atoms with van der Waals surface area (Å²) < 4.78 is 25.1. The lowest BCUT2D eigenvalue weighted by atomic mass is 10.1. The van der Waals surface area contributed by atoms with Crippen LogP contribution in [0, 0.1) is 13.8 Å². The Morgan fingerprint density at radius 3 is 2.27 bits per heavy atom. The molecule has 0 saturated heterocycles. The highest BCUT2D eigenvalue weighted by Crippen LogP contribution is 2.22. The van der Waals surface area contributed by atoms with Crippen molar-refractivity contribution < 1.29 is 13.2 Å². The van der Waals surface area contributed by atoms with Crippen LogP contribution < -0.4 is 0 Å². The molecule has 1 heterocycles. The third-order valence-corrected chi connectivity index (χ3v) is 6.05. The van der Waals surface area contributed by atoms with E-state index < -0.39 is 9.84 Å². The summed E-state index contributed by atoms with van der Waals surface area (Å²) in [6.07, 6.45) is 1.49. The molecule has 26 heavy (non-hydrogen) atoms. The van der Waals surface area contributed by atoms with E-state index >= 15 is 0 Å². The number of sulfone groups is 1. The Balaban J connectivity index is 2.16. The fraction of sp³-hybridized carbons (Fsp3) is 0.474. The molecule has 0 aliphatic heterocycles. The SMILES string of the molecule is CCn1nc(C)c(CC(=O)N(C)C(C)c2ccc(S(C)(=O)=O)cc2)c1C. The number of carbonyl (C=O) groups excluding carboxylic acids is 1. The molecule has 0 N–H and O–H groups in total. The largest absolute Gasteiger partial charge is 0.339 e. The van der Waals surface area contributed by atoms with E-state index in [9.17, 15) is 13.2 Å². The smallest absolute Gasteiger partial charge is 0.227 e. The molecule has 7 heteroatoms. The molecule has 0 fully saturated rings. The van der Waals surface area contributed by atoms with Gasteiger partial charge in [0.25, 0.3) is 0 Å². The number of carbonyl (C=O) groups is 1. The second-order valence-electron chi connectivity index (χ2n) is 6.66. The highest BCUT2D eigenvalue weighted by atomic mass is 32.2. The average Bonchev–Trinajstić information content (AvgIpc) is 2.87. The molecule has 0 aliphatic carbocycles. The summed E-state index contributed by atoms with van der Waals surface area (Å²) in [6, 6.07) is 6.53. The van der Waals surface area contributed by atoms with Gasteiger partial charge in [-0.05, 0) is 45.4 Å². The van der Waals surface area contributed by atoms with Crippen LogP contribution in [0.2, 0.25) is 0 Å². The number of aryl methyl sites for hydroxylation is 2. The van der Waals surface area contributed by atoms with Crippen LogP contribution in [0.5, 0.6) is 0 Å². The maximum Gasteiger partial charge on any atom is 0.227 e. The molecular weight excluding hydrogens is 350 g/mol. The zero-order valence-electron chi connectivity index (χ0n) is 16.3. The topological polar surface area (TPSA) is 72.3 Å². The van der Waals surface area contributed by atoms with Gasteiger partial charge in [-0.1, -0.05) is 12.1 Å². The van der Waals surface area contributed by atoms with Crippen LogP contribution in [0.15, 0.2) is 29.2 Å². The Morgan fingerprint density at radius 2 is 1.81 bits per heavy atom. The lowest BCUT2D eigenvalue weighted by Crippen LogP contribution is -2.31. The minimum absolute atomic E-state index is 0.00606. The van der Waals surface area contributed by atoms with Gasteiger partial charge in [-0.25, -0.2) is 8.42 Å². The maximum absolute atomic E-state index is 12.7. The molecule has 1 amide bonds. The summed E-state index contributed by atoms with van der Waals surface area (Å²) in [5, 5.41) is 4.47. The van der Waals surface area contributed by atoms with Gasteiger partial charge in [-0.3, -0.25) is 9.48 Å². The zero-order valence-corrected chi connectivity index (χ0v) is 17.1. The van der Waals surface area contributed by atoms with Gasteiger partial charge in [0.1, 0.15) is 0 Å². The number of rotatable bonds is 6. The number of aromatic nitrogens is 2. The van der Waals surface area contributed by atoms with Crippen molar-refractivity contribution in [3.63, 3.8) is 0 Å². The molecule has 6 nitrogen and oxygen atoms in total. The second-order valence-corrected chi connectivity index (χ2v) is 8.68. The first-order valence-electron chi connectivity index (χ1n) is 8.64. The van der Waals surface area contributed by atoms with Gasteiger partial charge in [-0.15, -0.1) is 0 Å². The Hall–Kier alpha value is -2.15. The first kappa shape index (κ1) is 20.2. The first-order chi connectivity index (χ1) is 12.1. The number of nitrogens with zero attached hydrogens (tertiary/aromatic N) is 3. The van der Waals surface area contributed by atoms with Crippen molar-refractivity contribution in [2.45, 2.75) is 51.6 Å². The Morgan fingerprint density at radius 1 is 1.23 bits per heavy atom. The summed E-state index contributed by atoms with van der Waals surface area (Å²) in [5.41, 5.74) is 3.78.